The zero-order chi connectivity index (χ0) is 17.8. The zero-order valence-corrected chi connectivity index (χ0v) is 14.5. The smallest absolute Gasteiger partial charge is 0.317 e. The highest BCUT2D eigenvalue weighted by Gasteiger charge is 2.32. The Balaban J connectivity index is 2.22. The highest BCUT2D eigenvalue weighted by Crippen LogP contribution is 2.25. The number of halogens is 3. The second kappa shape index (κ2) is 7.84. The Hall–Kier alpha value is -1.12. The molecule has 1 N–H and O–H groups in total. The van der Waals surface area contributed by atoms with Gasteiger partial charge in [-0.05, 0) is 50.0 Å². The molecule has 1 aliphatic heterocycles. The van der Waals surface area contributed by atoms with E-state index < -0.39 is 22.6 Å². The molecule has 0 aromatic heterocycles. The number of hydrogen-bond acceptors (Lipinski definition) is 3. The van der Waals surface area contributed by atoms with E-state index in [9.17, 15) is 21.6 Å². The van der Waals surface area contributed by atoms with Crippen LogP contribution in [0.5, 0.6) is 0 Å². The minimum absolute atomic E-state index is 0.0559. The summed E-state index contributed by atoms with van der Waals surface area (Å²) >= 11 is 0. The van der Waals surface area contributed by atoms with E-state index in [1.807, 2.05) is 6.92 Å². The minimum atomic E-state index is -4.30. The molecular weight excluding hydrogens is 341 g/mol. The summed E-state index contributed by atoms with van der Waals surface area (Å²) in [5, 5.41) is 3.20. The third kappa shape index (κ3) is 4.94. The quantitative estimate of drug-likeness (QED) is 0.844. The largest absolute Gasteiger partial charge is 0.393 e. The topological polar surface area (TPSA) is 49.4 Å². The molecule has 8 heteroatoms. The molecule has 2 rings (SSSR count). The molecule has 0 unspecified atom stereocenters. The highest BCUT2D eigenvalue weighted by atomic mass is 32.2. The van der Waals surface area contributed by atoms with Crippen LogP contribution in [-0.4, -0.2) is 44.6 Å². The Morgan fingerprint density at radius 3 is 2.25 bits per heavy atom. The molecule has 4 nitrogen and oxygen atoms in total. The second-order valence-electron chi connectivity index (χ2n) is 6.03. The van der Waals surface area contributed by atoms with E-state index in [-0.39, 0.29) is 16.5 Å². The van der Waals surface area contributed by atoms with Gasteiger partial charge in [-0.1, -0.05) is 19.1 Å². The second-order valence-corrected chi connectivity index (χ2v) is 7.92. The lowest BCUT2D eigenvalue weighted by Gasteiger charge is -2.33. The number of nitrogens with zero attached hydrogens (tertiary/aromatic N) is 1. The van der Waals surface area contributed by atoms with Gasteiger partial charge in [0.05, 0.1) is 11.3 Å². The van der Waals surface area contributed by atoms with Crippen LogP contribution in [0, 0.1) is 0 Å². The third-order valence-corrected chi connectivity index (χ3v) is 6.06. The zero-order valence-electron chi connectivity index (χ0n) is 13.6. The van der Waals surface area contributed by atoms with Crippen LogP contribution in [0.4, 0.5) is 13.2 Å². The molecule has 24 heavy (non-hydrogen) atoms. The highest BCUT2D eigenvalue weighted by molar-refractivity contribution is 7.89. The Morgan fingerprint density at radius 1 is 1.17 bits per heavy atom. The van der Waals surface area contributed by atoms with E-state index >= 15 is 0 Å². The Morgan fingerprint density at radius 2 is 1.75 bits per heavy atom. The van der Waals surface area contributed by atoms with Gasteiger partial charge in [0.2, 0.25) is 10.0 Å². The summed E-state index contributed by atoms with van der Waals surface area (Å²) in [5.41, 5.74) is 0.0605. The van der Waals surface area contributed by atoms with Crippen molar-refractivity contribution in [2.24, 2.45) is 0 Å². The van der Waals surface area contributed by atoms with Crippen molar-refractivity contribution < 1.29 is 21.6 Å². The molecule has 1 saturated heterocycles. The van der Waals surface area contributed by atoms with E-state index in [0.29, 0.717) is 13.0 Å². The summed E-state index contributed by atoms with van der Waals surface area (Å²) in [5.74, 6) is 0. The molecule has 0 radical (unpaired) electrons. The fourth-order valence-electron chi connectivity index (χ4n) is 2.96. The fourth-order valence-corrected chi connectivity index (χ4v) is 4.74. The van der Waals surface area contributed by atoms with Crippen molar-refractivity contribution in [2.75, 3.05) is 19.6 Å². The number of alkyl halides is 3. The Kier molecular flexibility index (Phi) is 6.28. The van der Waals surface area contributed by atoms with Gasteiger partial charge in [0.15, 0.2) is 0 Å². The number of piperidine rings is 1. The minimum Gasteiger partial charge on any atom is -0.317 e. The van der Waals surface area contributed by atoms with Crippen molar-refractivity contribution in [1.29, 1.82) is 0 Å². The lowest BCUT2D eigenvalue weighted by atomic mass is 10.1. The predicted octanol–water partition coefficient (Wildman–Crippen LogP) is 2.94. The van der Waals surface area contributed by atoms with Crippen LogP contribution >= 0.6 is 0 Å². The summed E-state index contributed by atoms with van der Waals surface area (Å²) < 4.78 is 64.6. The lowest BCUT2D eigenvalue weighted by Crippen LogP contribution is -2.46. The SMILES string of the molecule is CCCN(C1CCNCC1)S(=O)(=O)c1ccc(CC(F)(F)F)cc1. The molecule has 0 atom stereocenters. The maximum Gasteiger partial charge on any atom is 0.393 e. The lowest BCUT2D eigenvalue weighted by molar-refractivity contribution is -0.127. The Bertz CT molecular complexity index is 624. The molecular formula is C16H23F3N2O2S. The summed E-state index contributed by atoms with van der Waals surface area (Å²) in [7, 11) is -3.70. The first kappa shape index (κ1) is 19.2. The van der Waals surface area contributed by atoms with Crippen molar-refractivity contribution in [2.45, 2.75) is 49.7 Å². The van der Waals surface area contributed by atoms with Crippen molar-refractivity contribution in [1.82, 2.24) is 9.62 Å². The average Bonchev–Trinajstić information content (AvgIpc) is 2.52. The van der Waals surface area contributed by atoms with Gasteiger partial charge in [-0.2, -0.15) is 17.5 Å². The first-order valence-corrected chi connectivity index (χ1v) is 9.56. The number of nitrogens with one attached hydrogen (secondary N) is 1. The maximum absolute atomic E-state index is 12.9. The van der Waals surface area contributed by atoms with Crippen LogP contribution in [0.15, 0.2) is 29.2 Å². The molecule has 1 aromatic rings. The molecule has 0 bridgehead atoms. The van der Waals surface area contributed by atoms with Gasteiger partial charge in [-0.25, -0.2) is 8.42 Å². The fraction of sp³-hybridized carbons (Fsp3) is 0.625. The van der Waals surface area contributed by atoms with E-state index in [1.165, 1.54) is 28.6 Å². The van der Waals surface area contributed by atoms with Crippen molar-refractivity contribution in [3.8, 4) is 0 Å². The van der Waals surface area contributed by atoms with Crippen LogP contribution in [0.25, 0.3) is 0 Å². The van der Waals surface area contributed by atoms with Gasteiger partial charge in [-0.15, -0.1) is 0 Å². The van der Waals surface area contributed by atoms with Crippen molar-refractivity contribution >= 4 is 10.0 Å². The number of hydrogen-bond donors (Lipinski definition) is 1. The van der Waals surface area contributed by atoms with E-state index in [2.05, 4.69) is 5.32 Å². The number of benzene rings is 1. The molecule has 1 aliphatic rings. The molecule has 0 aliphatic carbocycles. The normalized spacial score (nSPS) is 17.4. The van der Waals surface area contributed by atoms with Crippen LogP contribution in [-0.2, 0) is 16.4 Å². The van der Waals surface area contributed by atoms with Crippen LogP contribution < -0.4 is 5.32 Å². The first-order chi connectivity index (χ1) is 11.2. The van der Waals surface area contributed by atoms with Crippen molar-refractivity contribution in [3.05, 3.63) is 29.8 Å². The number of sulfonamides is 1. The first-order valence-electron chi connectivity index (χ1n) is 8.12. The molecule has 1 aromatic carbocycles. The van der Waals surface area contributed by atoms with Gasteiger partial charge in [0, 0.05) is 12.6 Å². The number of rotatable bonds is 6. The van der Waals surface area contributed by atoms with Gasteiger partial charge in [0.25, 0.3) is 0 Å². The monoisotopic (exact) mass is 364 g/mol. The Labute approximate surface area is 141 Å². The summed E-state index contributed by atoms with van der Waals surface area (Å²) in [4.78, 5) is 0.0559. The molecule has 0 amide bonds. The average molecular weight is 364 g/mol. The van der Waals surface area contributed by atoms with Gasteiger partial charge < -0.3 is 5.32 Å². The van der Waals surface area contributed by atoms with Crippen LogP contribution in [0.3, 0.4) is 0 Å². The van der Waals surface area contributed by atoms with E-state index in [4.69, 9.17) is 0 Å². The van der Waals surface area contributed by atoms with E-state index in [0.717, 1.165) is 25.9 Å². The molecule has 0 saturated carbocycles. The van der Waals surface area contributed by atoms with Crippen molar-refractivity contribution in [3.63, 3.8) is 0 Å². The van der Waals surface area contributed by atoms with Crippen LogP contribution in [0.2, 0.25) is 0 Å². The van der Waals surface area contributed by atoms with Gasteiger partial charge in [0.1, 0.15) is 0 Å². The molecule has 136 valence electrons. The molecule has 1 fully saturated rings. The maximum atomic E-state index is 12.9. The summed E-state index contributed by atoms with van der Waals surface area (Å²) in [6.45, 7) is 3.86. The third-order valence-electron chi connectivity index (χ3n) is 4.09. The van der Waals surface area contributed by atoms with Gasteiger partial charge in [-0.3, -0.25) is 0 Å². The standard InChI is InChI=1S/C16H23F3N2O2S/c1-2-11-21(14-7-9-20-10-8-14)24(22,23)15-5-3-13(4-6-15)12-16(17,18)19/h3-6,14,20H,2,7-12H2,1H3. The molecule has 1 heterocycles. The summed E-state index contributed by atoms with van der Waals surface area (Å²) in [6, 6.07) is 4.98. The van der Waals surface area contributed by atoms with E-state index in [1.54, 1.807) is 0 Å². The molecule has 0 spiro atoms. The predicted molar refractivity (Wildman–Crippen MR) is 86.3 cm³/mol. The van der Waals surface area contributed by atoms with Gasteiger partial charge >= 0.3 is 6.18 Å². The van der Waals surface area contributed by atoms with Crippen LogP contribution in [0.1, 0.15) is 31.7 Å². The summed E-state index contributed by atoms with van der Waals surface area (Å²) in [6.07, 6.45) is -3.18.